The second-order valence-electron chi connectivity index (χ2n) is 6.06. The summed E-state index contributed by atoms with van der Waals surface area (Å²) in [5.41, 5.74) is -0.846. The molecule has 0 spiro atoms. The van der Waals surface area contributed by atoms with Gasteiger partial charge < -0.3 is 20.3 Å². The smallest absolute Gasteiger partial charge is 0.380 e. The number of nitrogens with one attached hydrogen (secondary N) is 2. The van der Waals surface area contributed by atoms with Crippen molar-refractivity contribution in [3.8, 4) is 0 Å². The number of hydrogen-bond acceptors (Lipinski definition) is 4. The van der Waals surface area contributed by atoms with Crippen molar-refractivity contribution in [3.05, 3.63) is 22.8 Å². The Hall–Kier alpha value is -1.74. The lowest BCUT2D eigenvalue weighted by atomic mass is 10.2. The zero-order valence-electron chi connectivity index (χ0n) is 15.4. The van der Waals surface area contributed by atoms with Crippen molar-refractivity contribution in [2.75, 3.05) is 44.3 Å². The second-order valence-corrected chi connectivity index (χ2v) is 6.47. The molecule has 0 radical (unpaired) electrons. The number of aromatic nitrogens is 1. The van der Waals surface area contributed by atoms with E-state index in [1.165, 1.54) is 0 Å². The molecule has 1 aromatic rings. The van der Waals surface area contributed by atoms with Gasteiger partial charge in [-0.25, -0.2) is 4.98 Å². The van der Waals surface area contributed by atoms with E-state index in [2.05, 4.69) is 20.6 Å². The highest BCUT2D eigenvalue weighted by Crippen LogP contribution is 2.34. The highest BCUT2D eigenvalue weighted by atomic mass is 35.5. The molecule has 0 aliphatic carbocycles. The predicted molar refractivity (Wildman–Crippen MR) is 100 cm³/mol. The maximum atomic E-state index is 12.8. The first kappa shape index (κ1) is 21.6. The van der Waals surface area contributed by atoms with E-state index in [9.17, 15) is 13.2 Å². The van der Waals surface area contributed by atoms with E-state index >= 15 is 0 Å². The Kier molecular flexibility index (Phi) is 7.97. The predicted octanol–water partition coefficient (Wildman–Crippen LogP) is 2.92. The maximum absolute atomic E-state index is 12.8. The van der Waals surface area contributed by atoms with Crippen molar-refractivity contribution in [2.24, 2.45) is 4.99 Å². The van der Waals surface area contributed by atoms with Crippen LogP contribution in [-0.2, 0) is 10.9 Å². The number of halogens is 4. The third-order valence-corrected chi connectivity index (χ3v) is 4.31. The standard InChI is InChI=1S/C17H25ClF3N5O/c1-3-22-16(23-6-8-27-4-2)25-13-5-7-26(11-13)15-14(18)9-12(10-24-15)17(19,20)21/h9-10,13H,3-8,11H2,1-2H3,(H2,22,23,25). The Morgan fingerprint density at radius 2 is 2.22 bits per heavy atom. The number of pyridine rings is 1. The Bertz CT molecular complexity index is 641. The van der Waals surface area contributed by atoms with E-state index in [1.807, 2.05) is 18.7 Å². The van der Waals surface area contributed by atoms with Gasteiger partial charge in [-0.05, 0) is 26.3 Å². The normalized spacial score (nSPS) is 18.1. The van der Waals surface area contributed by atoms with Crippen LogP contribution in [0.4, 0.5) is 19.0 Å². The molecule has 1 fully saturated rings. The molecule has 1 aliphatic heterocycles. The van der Waals surface area contributed by atoms with Gasteiger partial charge in [0.1, 0.15) is 5.82 Å². The molecule has 27 heavy (non-hydrogen) atoms. The van der Waals surface area contributed by atoms with Gasteiger partial charge in [0.2, 0.25) is 0 Å². The van der Waals surface area contributed by atoms with Crippen LogP contribution in [0, 0.1) is 0 Å². The molecule has 1 aromatic heterocycles. The minimum atomic E-state index is -4.46. The van der Waals surface area contributed by atoms with E-state index in [-0.39, 0.29) is 11.1 Å². The summed E-state index contributed by atoms with van der Waals surface area (Å²) in [6.45, 7) is 7.61. The van der Waals surface area contributed by atoms with Crippen molar-refractivity contribution < 1.29 is 17.9 Å². The SMILES string of the molecule is CCNC(=NCCOCC)NC1CCN(c2ncc(C(F)(F)F)cc2Cl)C1. The molecule has 0 aromatic carbocycles. The highest BCUT2D eigenvalue weighted by molar-refractivity contribution is 6.33. The van der Waals surface area contributed by atoms with E-state index in [0.717, 1.165) is 25.2 Å². The average Bonchev–Trinajstić information content (AvgIpc) is 3.06. The number of aliphatic imine (C=N–C) groups is 1. The largest absolute Gasteiger partial charge is 0.417 e. The average molecular weight is 408 g/mol. The van der Waals surface area contributed by atoms with Crippen LogP contribution in [0.5, 0.6) is 0 Å². The fraction of sp³-hybridized carbons (Fsp3) is 0.647. The van der Waals surface area contributed by atoms with Crippen molar-refractivity contribution in [1.82, 2.24) is 15.6 Å². The van der Waals surface area contributed by atoms with Crippen LogP contribution in [0.3, 0.4) is 0 Å². The first-order valence-corrected chi connectivity index (χ1v) is 9.33. The minimum Gasteiger partial charge on any atom is -0.380 e. The Balaban J connectivity index is 1.97. The van der Waals surface area contributed by atoms with Gasteiger partial charge >= 0.3 is 6.18 Å². The molecule has 1 atom stereocenters. The molecular formula is C17H25ClF3N5O. The third kappa shape index (κ3) is 6.42. The third-order valence-electron chi connectivity index (χ3n) is 4.03. The summed E-state index contributed by atoms with van der Waals surface area (Å²) in [6.07, 6.45) is -2.83. The summed E-state index contributed by atoms with van der Waals surface area (Å²) >= 11 is 6.04. The van der Waals surface area contributed by atoms with Gasteiger partial charge in [-0.15, -0.1) is 0 Å². The van der Waals surface area contributed by atoms with Crippen molar-refractivity contribution in [3.63, 3.8) is 0 Å². The second kappa shape index (κ2) is 9.98. The van der Waals surface area contributed by atoms with Gasteiger partial charge in [-0.2, -0.15) is 13.2 Å². The van der Waals surface area contributed by atoms with Crippen molar-refractivity contribution in [2.45, 2.75) is 32.5 Å². The zero-order chi connectivity index (χ0) is 19.9. The molecule has 1 aliphatic rings. The van der Waals surface area contributed by atoms with Crippen molar-refractivity contribution >= 4 is 23.4 Å². The van der Waals surface area contributed by atoms with Gasteiger partial charge in [0, 0.05) is 38.5 Å². The highest BCUT2D eigenvalue weighted by Gasteiger charge is 2.33. The number of ether oxygens (including phenoxy) is 1. The number of rotatable bonds is 7. The molecule has 2 rings (SSSR count). The topological polar surface area (TPSA) is 61.8 Å². The molecule has 2 N–H and O–H groups in total. The number of nitrogens with zero attached hydrogens (tertiary/aromatic N) is 3. The Morgan fingerprint density at radius 1 is 1.44 bits per heavy atom. The summed E-state index contributed by atoms with van der Waals surface area (Å²) in [6, 6.07) is 1.01. The minimum absolute atomic E-state index is 0.00256. The van der Waals surface area contributed by atoms with Crippen LogP contribution in [0.25, 0.3) is 0 Å². The molecule has 10 heteroatoms. The molecule has 1 unspecified atom stereocenters. The lowest BCUT2D eigenvalue weighted by Gasteiger charge is -2.21. The molecule has 152 valence electrons. The first-order valence-electron chi connectivity index (χ1n) is 8.95. The van der Waals surface area contributed by atoms with Crippen LogP contribution in [0.1, 0.15) is 25.8 Å². The van der Waals surface area contributed by atoms with Crippen LogP contribution in [-0.4, -0.2) is 56.4 Å². The lowest BCUT2D eigenvalue weighted by molar-refractivity contribution is -0.137. The van der Waals surface area contributed by atoms with E-state index in [4.69, 9.17) is 16.3 Å². The number of guanidine groups is 1. The molecule has 6 nitrogen and oxygen atoms in total. The van der Waals surface area contributed by atoms with Crippen LogP contribution in [0.15, 0.2) is 17.3 Å². The summed E-state index contributed by atoms with van der Waals surface area (Å²) in [4.78, 5) is 10.3. The summed E-state index contributed by atoms with van der Waals surface area (Å²) in [5.74, 6) is 1.06. The monoisotopic (exact) mass is 407 g/mol. The number of alkyl halides is 3. The van der Waals surface area contributed by atoms with Crippen LogP contribution >= 0.6 is 11.6 Å². The van der Waals surface area contributed by atoms with Gasteiger partial charge in [-0.3, -0.25) is 4.99 Å². The fourth-order valence-electron chi connectivity index (χ4n) is 2.77. The molecule has 0 bridgehead atoms. The van der Waals surface area contributed by atoms with E-state index < -0.39 is 11.7 Å². The molecule has 2 heterocycles. The maximum Gasteiger partial charge on any atom is 0.417 e. The summed E-state index contributed by atoms with van der Waals surface area (Å²) in [7, 11) is 0. The van der Waals surface area contributed by atoms with Gasteiger partial charge in [0.25, 0.3) is 0 Å². The van der Waals surface area contributed by atoms with Crippen LogP contribution in [0.2, 0.25) is 5.02 Å². The quantitative estimate of drug-likeness (QED) is 0.413. The lowest BCUT2D eigenvalue weighted by Crippen LogP contribution is -2.44. The molecule has 0 amide bonds. The van der Waals surface area contributed by atoms with Gasteiger partial charge in [-0.1, -0.05) is 11.6 Å². The summed E-state index contributed by atoms with van der Waals surface area (Å²) in [5, 5.41) is 6.52. The number of hydrogen-bond donors (Lipinski definition) is 2. The Morgan fingerprint density at radius 3 is 2.85 bits per heavy atom. The first-order chi connectivity index (χ1) is 12.8. The molecular weight excluding hydrogens is 383 g/mol. The zero-order valence-corrected chi connectivity index (χ0v) is 16.2. The van der Waals surface area contributed by atoms with Gasteiger partial charge in [0.15, 0.2) is 5.96 Å². The molecule has 0 saturated carbocycles. The number of anilines is 1. The van der Waals surface area contributed by atoms with Crippen molar-refractivity contribution in [1.29, 1.82) is 0 Å². The van der Waals surface area contributed by atoms with E-state index in [1.54, 1.807) is 0 Å². The summed E-state index contributed by atoms with van der Waals surface area (Å²) < 4.78 is 43.5. The van der Waals surface area contributed by atoms with Crippen LogP contribution < -0.4 is 15.5 Å². The van der Waals surface area contributed by atoms with Gasteiger partial charge in [0.05, 0.1) is 23.7 Å². The fourth-order valence-corrected chi connectivity index (χ4v) is 3.05. The Labute approximate surface area is 162 Å². The van der Waals surface area contributed by atoms with E-state index in [0.29, 0.717) is 44.6 Å². The molecule has 1 saturated heterocycles.